The van der Waals surface area contributed by atoms with Crippen LogP contribution in [0.15, 0.2) is 36.4 Å². The van der Waals surface area contributed by atoms with Gasteiger partial charge in [0.2, 0.25) is 0 Å². The van der Waals surface area contributed by atoms with Crippen LogP contribution in [0.25, 0.3) is 0 Å². The summed E-state index contributed by atoms with van der Waals surface area (Å²) in [4.78, 5) is 12.2. The van der Waals surface area contributed by atoms with Gasteiger partial charge in [-0.05, 0) is 43.7 Å². The average Bonchev–Trinajstić information content (AvgIpc) is 2.41. The quantitative estimate of drug-likeness (QED) is 0.926. The Bertz CT molecular complexity index is 653. The van der Waals surface area contributed by atoms with Crippen molar-refractivity contribution in [2.24, 2.45) is 0 Å². The lowest BCUT2D eigenvalue weighted by molar-refractivity contribution is 0.102. The minimum Gasteiger partial charge on any atom is -0.495 e. The van der Waals surface area contributed by atoms with Gasteiger partial charge in [-0.25, -0.2) is 4.39 Å². The molecule has 0 unspecified atom stereocenters. The Kier molecular flexibility index (Phi) is 4.03. The number of nitrogens with one attached hydrogen (secondary N) is 1. The molecule has 0 radical (unpaired) electrons. The Labute approximate surface area is 117 Å². The molecule has 2 aromatic carbocycles. The van der Waals surface area contributed by atoms with Crippen LogP contribution in [-0.4, -0.2) is 13.0 Å². The van der Waals surface area contributed by atoms with Crippen molar-refractivity contribution >= 4 is 11.6 Å². The Morgan fingerprint density at radius 2 is 1.75 bits per heavy atom. The lowest BCUT2D eigenvalue weighted by Crippen LogP contribution is -2.14. The molecule has 0 aromatic heterocycles. The van der Waals surface area contributed by atoms with Crippen molar-refractivity contribution in [1.82, 2.24) is 0 Å². The van der Waals surface area contributed by atoms with Crippen LogP contribution in [0.1, 0.15) is 21.5 Å². The molecule has 104 valence electrons. The van der Waals surface area contributed by atoms with Gasteiger partial charge in [0, 0.05) is 0 Å². The van der Waals surface area contributed by atoms with Gasteiger partial charge in [0.05, 0.1) is 18.4 Å². The molecule has 4 heteroatoms. The summed E-state index contributed by atoms with van der Waals surface area (Å²) >= 11 is 0. The molecule has 0 aliphatic heterocycles. The van der Waals surface area contributed by atoms with E-state index in [0.717, 1.165) is 11.1 Å². The summed E-state index contributed by atoms with van der Waals surface area (Å²) in [7, 11) is 1.52. The van der Waals surface area contributed by atoms with Gasteiger partial charge in [-0.2, -0.15) is 0 Å². The lowest BCUT2D eigenvalue weighted by atomic mass is 10.1. The van der Waals surface area contributed by atoms with Crippen molar-refractivity contribution in [3.05, 3.63) is 58.9 Å². The summed E-state index contributed by atoms with van der Waals surface area (Å²) in [5, 5.41) is 2.68. The fraction of sp³-hybridized carbons (Fsp3) is 0.188. The van der Waals surface area contributed by atoms with Crippen LogP contribution >= 0.6 is 0 Å². The summed E-state index contributed by atoms with van der Waals surface area (Å²) in [6.45, 7) is 3.71. The molecule has 3 nitrogen and oxygen atoms in total. The highest BCUT2D eigenvalue weighted by Crippen LogP contribution is 2.26. The number of benzene rings is 2. The minimum atomic E-state index is -0.542. The molecule has 0 heterocycles. The molecule has 0 saturated heterocycles. The van der Waals surface area contributed by atoms with Gasteiger partial charge < -0.3 is 10.1 Å². The molecule has 0 saturated carbocycles. The Balaban J connectivity index is 2.32. The third-order valence-electron chi connectivity index (χ3n) is 2.97. The van der Waals surface area contributed by atoms with Gasteiger partial charge in [0.25, 0.3) is 5.91 Å². The van der Waals surface area contributed by atoms with E-state index in [9.17, 15) is 9.18 Å². The first-order chi connectivity index (χ1) is 9.51. The standard InChI is InChI=1S/C16H16FNO2/c1-10-4-6-13(17)12(8-10)16(19)18-14-9-11(2)5-7-15(14)20-3/h4-9H,1-3H3,(H,18,19). The predicted octanol–water partition coefficient (Wildman–Crippen LogP) is 3.70. The normalized spacial score (nSPS) is 10.2. The number of rotatable bonds is 3. The third-order valence-corrected chi connectivity index (χ3v) is 2.97. The molecule has 0 aliphatic rings. The zero-order chi connectivity index (χ0) is 14.7. The number of anilines is 1. The third kappa shape index (κ3) is 2.96. The number of carbonyl (C=O) groups is 1. The molecule has 2 aromatic rings. The van der Waals surface area contributed by atoms with Crippen LogP contribution in [-0.2, 0) is 0 Å². The summed E-state index contributed by atoms with van der Waals surface area (Å²) < 4.78 is 18.9. The monoisotopic (exact) mass is 273 g/mol. The van der Waals surface area contributed by atoms with Gasteiger partial charge in [0.15, 0.2) is 0 Å². The highest BCUT2D eigenvalue weighted by atomic mass is 19.1. The lowest BCUT2D eigenvalue weighted by Gasteiger charge is -2.11. The number of ether oxygens (including phenoxy) is 1. The van der Waals surface area contributed by atoms with Crippen molar-refractivity contribution in [1.29, 1.82) is 0 Å². The van der Waals surface area contributed by atoms with Crippen molar-refractivity contribution in [3.63, 3.8) is 0 Å². The maximum Gasteiger partial charge on any atom is 0.258 e. The molecule has 0 atom stereocenters. The summed E-state index contributed by atoms with van der Waals surface area (Å²) in [5.41, 5.74) is 2.35. The molecular formula is C16H16FNO2. The van der Waals surface area contributed by atoms with E-state index in [2.05, 4.69) is 5.32 Å². The Morgan fingerprint density at radius 3 is 2.45 bits per heavy atom. The van der Waals surface area contributed by atoms with E-state index in [-0.39, 0.29) is 5.56 Å². The molecular weight excluding hydrogens is 257 g/mol. The summed E-state index contributed by atoms with van der Waals surface area (Å²) in [6.07, 6.45) is 0. The van der Waals surface area contributed by atoms with Crippen LogP contribution in [0.5, 0.6) is 5.75 Å². The summed E-state index contributed by atoms with van der Waals surface area (Å²) in [6, 6.07) is 9.85. The molecule has 0 aliphatic carbocycles. The first-order valence-electron chi connectivity index (χ1n) is 6.23. The number of methoxy groups -OCH3 is 1. The molecule has 1 amide bonds. The number of aryl methyl sites for hydroxylation is 2. The second-order valence-corrected chi connectivity index (χ2v) is 4.64. The first-order valence-corrected chi connectivity index (χ1v) is 6.23. The van der Waals surface area contributed by atoms with E-state index >= 15 is 0 Å². The smallest absolute Gasteiger partial charge is 0.258 e. The number of amides is 1. The van der Waals surface area contributed by atoms with Gasteiger partial charge in [-0.1, -0.05) is 17.7 Å². The van der Waals surface area contributed by atoms with Crippen molar-refractivity contribution < 1.29 is 13.9 Å². The van der Waals surface area contributed by atoms with E-state index < -0.39 is 11.7 Å². The fourth-order valence-electron chi connectivity index (χ4n) is 1.92. The maximum atomic E-state index is 13.7. The van der Waals surface area contributed by atoms with Crippen LogP contribution in [0.3, 0.4) is 0 Å². The average molecular weight is 273 g/mol. The van der Waals surface area contributed by atoms with E-state index in [1.165, 1.54) is 19.2 Å². The predicted molar refractivity (Wildman–Crippen MR) is 76.8 cm³/mol. The van der Waals surface area contributed by atoms with E-state index in [0.29, 0.717) is 11.4 Å². The van der Waals surface area contributed by atoms with Gasteiger partial charge in [-0.15, -0.1) is 0 Å². The van der Waals surface area contributed by atoms with Crippen LogP contribution in [0.2, 0.25) is 0 Å². The Morgan fingerprint density at radius 1 is 1.10 bits per heavy atom. The van der Waals surface area contributed by atoms with Crippen LogP contribution < -0.4 is 10.1 Å². The molecule has 1 N–H and O–H groups in total. The number of hydrogen-bond donors (Lipinski definition) is 1. The molecule has 2 rings (SSSR count). The maximum absolute atomic E-state index is 13.7. The Hall–Kier alpha value is -2.36. The number of halogens is 1. The van der Waals surface area contributed by atoms with Gasteiger partial charge in [-0.3, -0.25) is 4.79 Å². The van der Waals surface area contributed by atoms with E-state index in [1.807, 2.05) is 19.9 Å². The SMILES string of the molecule is COc1ccc(C)cc1NC(=O)c1cc(C)ccc1F. The molecule has 0 fully saturated rings. The highest BCUT2D eigenvalue weighted by Gasteiger charge is 2.14. The van der Waals surface area contributed by atoms with Crippen LogP contribution in [0.4, 0.5) is 10.1 Å². The molecule has 20 heavy (non-hydrogen) atoms. The van der Waals surface area contributed by atoms with Crippen molar-refractivity contribution in [2.45, 2.75) is 13.8 Å². The second-order valence-electron chi connectivity index (χ2n) is 4.64. The van der Waals surface area contributed by atoms with E-state index in [4.69, 9.17) is 4.74 Å². The van der Waals surface area contributed by atoms with Crippen LogP contribution in [0, 0.1) is 19.7 Å². The number of hydrogen-bond acceptors (Lipinski definition) is 2. The zero-order valence-corrected chi connectivity index (χ0v) is 11.7. The minimum absolute atomic E-state index is 0.0218. The fourth-order valence-corrected chi connectivity index (χ4v) is 1.92. The van der Waals surface area contributed by atoms with Crippen molar-refractivity contribution in [2.75, 3.05) is 12.4 Å². The second kappa shape index (κ2) is 5.74. The van der Waals surface area contributed by atoms with Gasteiger partial charge >= 0.3 is 0 Å². The van der Waals surface area contributed by atoms with E-state index in [1.54, 1.807) is 18.2 Å². The molecule has 0 spiro atoms. The highest BCUT2D eigenvalue weighted by molar-refractivity contribution is 6.05. The largest absolute Gasteiger partial charge is 0.495 e. The van der Waals surface area contributed by atoms with Crippen molar-refractivity contribution in [3.8, 4) is 5.75 Å². The zero-order valence-electron chi connectivity index (χ0n) is 11.7. The summed E-state index contributed by atoms with van der Waals surface area (Å²) in [5.74, 6) is -0.494. The van der Waals surface area contributed by atoms with Gasteiger partial charge in [0.1, 0.15) is 11.6 Å². The number of carbonyl (C=O) groups excluding carboxylic acids is 1. The first kappa shape index (κ1) is 14.1. The molecule has 0 bridgehead atoms. The topological polar surface area (TPSA) is 38.3 Å².